The summed E-state index contributed by atoms with van der Waals surface area (Å²) >= 11 is 11.8. The molecule has 89 heavy (non-hydrogen) atoms. The van der Waals surface area contributed by atoms with Crippen molar-refractivity contribution in [3.05, 3.63) is 166 Å². The summed E-state index contributed by atoms with van der Waals surface area (Å²) in [4.78, 5) is 70.2. The summed E-state index contributed by atoms with van der Waals surface area (Å²) in [7, 11) is -9.04. The SMILES string of the molecule is COC(=O)NS(=O)(=O)c1ccc(CC(=O)C2(c3ccc4c(c3)OCO4)CC2)cc1.COC(=O)NS(=O)(=O)c1ccc(NC(=O)CCCOc2ccc(Cl)cc2Cl)cc1.COC(=O)NS(=O)(=O)c1ccc(NC(=O)Cn2ccc3ccc(C(F)(F)F)cc32)cc1.[HH].[HH].[HH].[HH]. The number of Topliss-reactive ketones (excluding diaryl/α,β-unsaturated/α-hetero) is 1. The van der Waals surface area contributed by atoms with E-state index in [4.69, 9.17) is 37.4 Å². The molecule has 0 unspecified atom stereocenters. The van der Waals surface area contributed by atoms with Gasteiger partial charge in [-0.3, -0.25) is 14.4 Å². The van der Waals surface area contributed by atoms with Crippen LogP contribution in [0.5, 0.6) is 17.2 Å². The summed E-state index contributed by atoms with van der Waals surface area (Å²) in [6.07, 6.45) is -3.97. The topological polar surface area (TPSA) is 325 Å². The molecule has 5 N–H and O–H groups in total. The Kier molecular flexibility index (Phi) is 21.8. The second kappa shape index (κ2) is 28.8. The van der Waals surface area contributed by atoms with Crippen LogP contribution in [0.3, 0.4) is 0 Å². The monoisotopic (exact) mass is 1340 g/mol. The van der Waals surface area contributed by atoms with Crippen molar-refractivity contribution in [2.24, 2.45) is 0 Å². The minimum atomic E-state index is -4.50. The number of sulfonamides is 3. The molecular weight excluding hydrogens is 1280 g/mol. The number of amides is 5. The van der Waals surface area contributed by atoms with Crippen LogP contribution in [0.15, 0.2) is 154 Å². The van der Waals surface area contributed by atoms with Gasteiger partial charge in [0, 0.05) is 46.7 Å². The number of hydrogen-bond donors (Lipinski definition) is 5. The summed E-state index contributed by atoms with van der Waals surface area (Å²) in [5.74, 6) is 1.08. The van der Waals surface area contributed by atoms with Crippen LogP contribution in [0.1, 0.15) is 48.1 Å². The summed E-state index contributed by atoms with van der Waals surface area (Å²) in [6, 6.07) is 31.4. The minimum absolute atomic E-state index is 0. The van der Waals surface area contributed by atoms with Crippen molar-refractivity contribution in [1.29, 1.82) is 0 Å². The molecule has 2 heterocycles. The van der Waals surface area contributed by atoms with Gasteiger partial charge < -0.3 is 43.6 Å². The Morgan fingerprint density at radius 3 is 1.64 bits per heavy atom. The molecule has 0 radical (unpaired) electrons. The molecule has 7 aromatic rings. The lowest BCUT2D eigenvalue weighted by molar-refractivity contribution is -0.137. The Balaban J connectivity index is 0.000000356. The molecule has 2 aliphatic rings. The van der Waals surface area contributed by atoms with E-state index >= 15 is 0 Å². The van der Waals surface area contributed by atoms with Crippen LogP contribution in [0.25, 0.3) is 10.9 Å². The predicted octanol–water partition coefficient (Wildman–Crippen LogP) is 10.5. The van der Waals surface area contributed by atoms with Gasteiger partial charge in [0.05, 0.1) is 58.6 Å². The molecular formula is C57H61Cl2F3N6O18S3. The van der Waals surface area contributed by atoms with Crippen molar-refractivity contribution >= 4 is 111 Å². The first-order valence-corrected chi connectivity index (χ1v) is 31.1. The third-order valence-electron chi connectivity index (χ3n) is 13.0. The highest BCUT2D eigenvalue weighted by Gasteiger charge is 2.51. The van der Waals surface area contributed by atoms with Gasteiger partial charge in [0.25, 0.3) is 30.1 Å². The number of rotatable bonds is 19. The van der Waals surface area contributed by atoms with E-state index in [1.165, 1.54) is 77.5 Å². The van der Waals surface area contributed by atoms with E-state index in [1.54, 1.807) is 50.6 Å². The Morgan fingerprint density at radius 1 is 0.618 bits per heavy atom. The minimum Gasteiger partial charge on any atom is -0.492 e. The van der Waals surface area contributed by atoms with Crippen LogP contribution < -0.4 is 39.0 Å². The number of alkyl halides is 3. The van der Waals surface area contributed by atoms with Gasteiger partial charge in [-0.15, -0.1) is 0 Å². The van der Waals surface area contributed by atoms with E-state index in [1.807, 2.05) is 18.2 Å². The number of carbonyl (C=O) groups is 6. The molecule has 5 amide bonds. The Morgan fingerprint density at radius 2 is 1.13 bits per heavy atom. The highest BCUT2D eigenvalue weighted by molar-refractivity contribution is 7.90. The molecule has 24 nitrogen and oxygen atoms in total. The molecule has 480 valence electrons. The van der Waals surface area contributed by atoms with Crippen molar-refractivity contribution in [3.8, 4) is 17.2 Å². The second-order valence-electron chi connectivity index (χ2n) is 19.1. The van der Waals surface area contributed by atoms with Crippen molar-refractivity contribution in [3.63, 3.8) is 0 Å². The number of methoxy groups -OCH3 is 3. The normalized spacial score (nSPS) is 12.9. The van der Waals surface area contributed by atoms with Crippen LogP contribution in [0.4, 0.5) is 38.9 Å². The number of ketones is 1. The maximum absolute atomic E-state index is 13.0. The van der Waals surface area contributed by atoms with Crippen molar-refractivity contribution in [2.45, 2.75) is 64.9 Å². The molecule has 6 aromatic carbocycles. The fourth-order valence-electron chi connectivity index (χ4n) is 8.34. The quantitative estimate of drug-likeness (QED) is 0.0371. The fourth-order valence-corrected chi connectivity index (χ4v) is 11.5. The standard InChI is InChI=1S/C20H19NO7S.C19H16F3N3O5S.C18H18Cl2N2O6S.4H2/c1-26-19(23)21-29(24,25)15-5-2-13(3-6-15)10-18(22)20(8-9-20)14-4-7-16-17(11-14)28-12-27-16;1-30-18(27)24-31(28,29)15-6-4-14(5-7-15)23-17(26)11-25-9-8-12-2-3-13(10-16(12)25)19(20,21)22;1-27-18(24)22-29(25,26)14-7-5-13(6-8-14)21-17(23)3-2-10-28-16-9-4-12(19)11-15(16)20;;;;/h2-7,11H,8-10,12H2,1H3,(H,21,23);2-10H,11H2,1H3,(H,23,26)(H,24,27);4-9,11H,2-3,10H2,1H3,(H,21,23)(H,22,24);4*1H. The maximum atomic E-state index is 13.0. The van der Waals surface area contributed by atoms with Gasteiger partial charge in [0.15, 0.2) is 11.5 Å². The van der Waals surface area contributed by atoms with Gasteiger partial charge in [-0.1, -0.05) is 47.5 Å². The van der Waals surface area contributed by atoms with E-state index < -0.39 is 71.4 Å². The van der Waals surface area contributed by atoms with Crippen molar-refractivity contribution in [2.75, 3.05) is 45.4 Å². The number of benzene rings is 6. The number of nitrogens with zero attached hydrogens (tertiary/aromatic N) is 1. The maximum Gasteiger partial charge on any atom is 0.420 e. The van der Waals surface area contributed by atoms with E-state index in [0.29, 0.717) is 50.4 Å². The third kappa shape index (κ3) is 18.2. The Bertz CT molecular complexity index is 4160. The van der Waals surface area contributed by atoms with E-state index in [0.717, 1.165) is 51.9 Å². The van der Waals surface area contributed by atoms with Crippen molar-refractivity contribution in [1.82, 2.24) is 18.7 Å². The van der Waals surface area contributed by atoms with E-state index in [9.17, 15) is 67.2 Å². The Labute approximate surface area is 522 Å². The van der Waals surface area contributed by atoms with E-state index in [2.05, 4.69) is 24.8 Å². The lowest BCUT2D eigenvalue weighted by atomic mass is 9.88. The summed E-state index contributed by atoms with van der Waals surface area (Å²) < 4.78 is 146. The lowest BCUT2D eigenvalue weighted by Crippen LogP contribution is -2.30. The van der Waals surface area contributed by atoms with Gasteiger partial charge in [-0.25, -0.2) is 53.8 Å². The van der Waals surface area contributed by atoms with Gasteiger partial charge in [0.1, 0.15) is 18.1 Å². The van der Waals surface area contributed by atoms with Gasteiger partial charge in [-0.05, 0) is 145 Å². The number of carbonyl (C=O) groups excluding carboxylic acids is 6. The zero-order chi connectivity index (χ0) is 64.9. The van der Waals surface area contributed by atoms with Gasteiger partial charge in [-0.2, -0.15) is 13.2 Å². The zero-order valence-corrected chi connectivity index (χ0v) is 50.8. The average Bonchev–Trinajstić information content (AvgIpc) is 1.60. The van der Waals surface area contributed by atoms with Crippen LogP contribution in [0, 0.1) is 0 Å². The number of anilines is 2. The van der Waals surface area contributed by atoms with Gasteiger partial charge in [0.2, 0.25) is 18.6 Å². The molecule has 1 aromatic heterocycles. The van der Waals surface area contributed by atoms with Crippen LogP contribution in [-0.4, -0.2) is 100 Å². The first-order valence-electron chi connectivity index (χ1n) is 25.9. The van der Waals surface area contributed by atoms with Crippen LogP contribution in [-0.2, 0) is 83.2 Å². The number of fused-ring (bicyclic) bond motifs is 2. The molecule has 9 rings (SSSR count). The predicted molar refractivity (Wildman–Crippen MR) is 324 cm³/mol. The first kappa shape index (κ1) is 67.4. The highest BCUT2D eigenvalue weighted by Crippen LogP contribution is 2.51. The number of halogens is 5. The largest absolute Gasteiger partial charge is 0.492 e. The average molecular weight is 1340 g/mol. The number of nitrogens with one attached hydrogen (secondary N) is 5. The Hall–Kier alpha value is -9.10. The van der Waals surface area contributed by atoms with Crippen LogP contribution >= 0.6 is 23.2 Å². The van der Waals surface area contributed by atoms with Gasteiger partial charge >= 0.3 is 24.5 Å². The molecule has 0 bridgehead atoms. The first-order chi connectivity index (χ1) is 42.0. The zero-order valence-electron chi connectivity index (χ0n) is 46.8. The van der Waals surface area contributed by atoms with E-state index in [-0.39, 0.29) is 76.1 Å². The summed E-state index contributed by atoms with van der Waals surface area (Å²) in [5.41, 5.74) is 1.17. The molecule has 32 heteroatoms. The molecule has 0 atom stereocenters. The van der Waals surface area contributed by atoms with Crippen molar-refractivity contribution < 1.29 is 101 Å². The highest BCUT2D eigenvalue weighted by atomic mass is 35.5. The number of hydrogen-bond acceptors (Lipinski definition) is 18. The van der Waals surface area contributed by atoms with Crippen LogP contribution in [0.2, 0.25) is 10.0 Å². The lowest BCUT2D eigenvalue weighted by Gasteiger charge is -2.15. The summed E-state index contributed by atoms with van der Waals surface area (Å²) in [5, 5.41) is 6.62. The molecule has 0 spiro atoms. The molecule has 1 aliphatic carbocycles. The molecule has 1 aliphatic heterocycles. The molecule has 1 saturated carbocycles. The fraction of sp³-hybridized carbons (Fsp3) is 0.228. The third-order valence-corrected chi connectivity index (χ3v) is 17.5. The summed E-state index contributed by atoms with van der Waals surface area (Å²) in [6.45, 7) is 0.208. The smallest absolute Gasteiger partial charge is 0.420 e. The molecule has 1 fully saturated rings. The molecule has 0 saturated heterocycles. The second-order valence-corrected chi connectivity index (χ2v) is 25.0. The number of ether oxygens (including phenoxy) is 6. The number of aromatic nitrogens is 1.